The number of carbonyl (C=O) groups excluding carboxylic acids is 3. The number of methoxy groups -OCH3 is 2. The summed E-state index contributed by atoms with van der Waals surface area (Å²) in [6, 6.07) is -0.722. The van der Waals surface area contributed by atoms with E-state index in [1.165, 1.54) is 6.20 Å². The van der Waals surface area contributed by atoms with Gasteiger partial charge in [-0.15, -0.1) is 0 Å². The number of hydrogen-bond donors (Lipinski definition) is 2. The van der Waals surface area contributed by atoms with Crippen LogP contribution in [0.25, 0.3) is 0 Å². The van der Waals surface area contributed by atoms with Crippen LogP contribution in [-0.4, -0.2) is 75.5 Å². The first-order chi connectivity index (χ1) is 11.4. The molecule has 1 saturated heterocycles. The van der Waals surface area contributed by atoms with Crippen LogP contribution in [0.15, 0.2) is 11.8 Å². The molecule has 3 atom stereocenters. The fourth-order valence-corrected chi connectivity index (χ4v) is 2.68. The second kappa shape index (κ2) is 8.22. The third kappa shape index (κ3) is 4.53. The number of imide groups is 1. The standard InChI is InChI=1S/C15H23N3O6/c1-18-5-4-10(19)9(7-18)14(20)17-15(21)16-13-6-11(23-3)12(24-13)8-22-2/h7,11-13H,4-6,8H2,1-3H3,(H2,16,17,20,21)/t11?,12-,13-/m1/s1. The van der Waals surface area contributed by atoms with Crippen LogP contribution in [0.4, 0.5) is 4.79 Å². The van der Waals surface area contributed by atoms with Crippen molar-refractivity contribution in [3.8, 4) is 0 Å². The lowest BCUT2D eigenvalue weighted by molar-refractivity contribution is -0.122. The maximum Gasteiger partial charge on any atom is 0.323 e. The normalized spacial score (nSPS) is 27.0. The summed E-state index contributed by atoms with van der Waals surface area (Å²) >= 11 is 0. The van der Waals surface area contributed by atoms with Crippen molar-refractivity contribution in [3.05, 3.63) is 11.8 Å². The molecule has 0 spiro atoms. The lowest BCUT2D eigenvalue weighted by atomic mass is 10.1. The number of hydrogen-bond acceptors (Lipinski definition) is 7. The Hall–Kier alpha value is -1.97. The highest BCUT2D eigenvalue weighted by Gasteiger charge is 2.36. The fraction of sp³-hybridized carbons (Fsp3) is 0.667. The lowest BCUT2D eigenvalue weighted by Gasteiger charge is -2.21. The van der Waals surface area contributed by atoms with Crippen LogP contribution in [0, 0.1) is 0 Å². The van der Waals surface area contributed by atoms with E-state index in [0.717, 1.165) is 0 Å². The van der Waals surface area contributed by atoms with Crippen molar-refractivity contribution in [1.29, 1.82) is 0 Å². The van der Waals surface area contributed by atoms with Crippen LogP contribution < -0.4 is 10.6 Å². The predicted molar refractivity (Wildman–Crippen MR) is 83.0 cm³/mol. The van der Waals surface area contributed by atoms with Gasteiger partial charge in [-0.05, 0) is 0 Å². The topological polar surface area (TPSA) is 106 Å². The van der Waals surface area contributed by atoms with E-state index in [0.29, 0.717) is 19.6 Å². The minimum Gasteiger partial charge on any atom is -0.382 e. The van der Waals surface area contributed by atoms with Gasteiger partial charge in [0.25, 0.3) is 5.91 Å². The van der Waals surface area contributed by atoms with Crippen LogP contribution in [0.3, 0.4) is 0 Å². The van der Waals surface area contributed by atoms with Gasteiger partial charge in [0.15, 0.2) is 5.78 Å². The fourth-order valence-electron chi connectivity index (χ4n) is 2.68. The molecule has 2 aliphatic heterocycles. The van der Waals surface area contributed by atoms with Crippen molar-refractivity contribution in [2.45, 2.75) is 31.3 Å². The molecule has 2 N–H and O–H groups in total. The van der Waals surface area contributed by atoms with Gasteiger partial charge in [-0.3, -0.25) is 14.9 Å². The molecule has 0 aliphatic carbocycles. The van der Waals surface area contributed by atoms with Crippen molar-refractivity contribution in [2.24, 2.45) is 0 Å². The minimum atomic E-state index is -0.723. The summed E-state index contributed by atoms with van der Waals surface area (Å²) in [5.41, 5.74) is -0.0294. The molecular formula is C15H23N3O6. The van der Waals surface area contributed by atoms with E-state index in [1.807, 2.05) is 0 Å². The number of amides is 3. The van der Waals surface area contributed by atoms with Gasteiger partial charge in [0, 0.05) is 46.9 Å². The molecule has 9 heteroatoms. The molecule has 0 aromatic rings. The summed E-state index contributed by atoms with van der Waals surface area (Å²) in [5.74, 6) is -1.01. The molecule has 0 aromatic carbocycles. The van der Waals surface area contributed by atoms with Crippen LogP contribution in [-0.2, 0) is 23.8 Å². The number of urea groups is 1. The number of nitrogens with zero attached hydrogens (tertiary/aromatic N) is 1. The first-order valence-corrected chi connectivity index (χ1v) is 7.69. The van der Waals surface area contributed by atoms with E-state index in [2.05, 4.69) is 10.6 Å². The van der Waals surface area contributed by atoms with E-state index in [4.69, 9.17) is 14.2 Å². The number of Topliss-reactive ketones (excluding diaryl/α,β-unsaturated/α-hetero) is 1. The summed E-state index contributed by atoms with van der Waals surface area (Å²) in [6.07, 6.45) is 1.03. The number of ketones is 1. The summed E-state index contributed by atoms with van der Waals surface area (Å²) in [4.78, 5) is 37.5. The molecule has 0 radical (unpaired) electrons. The smallest absolute Gasteiger partial charge is 0.323 e. The summed E-state index contributed by atoms with van der Waals surface area (Å²) < 4.78 is 15.9. The van der Waals surface area contributed by atoms with E-state index < -0.39 is 18.2 Å². The maximum atomic E-state index is 12.1. The molecule has 1 unspecified atom stereocenters. The van der Waals surface area contributed by atoms with E-state index in [1.54, 1.807) is 26.2 Å². The van der Waals surface area contributed by atoms with Gasteiger partial charge in [-0.25, -0.2) is 4.79 Å². The van der Waals surface area contributed by atoms with Crippen molar-refractivity contribution in [2.75, 3.05) is 34.4 Å². The van der Waals surface area contributed by atoms with E-state index >= 15 is 0 Å². The summed E-state index contributed by atoms with van der Waals surface area (Å²) in [7, 11) is 4.86. The van der Waals surface area contributed by atoms with Crippen LogP contribution in [0.2, 0.25) is 0 Å². The molecule has 2 aliphatic rings. The number of carbonyl (C=O) groups is 3. The molecule has 3 amide bonds. The van der Waals surface area contributed by atoms with Crippen molar-refractivity contribution in [3.63, 3.8) is 0 Å². The van der Waals surface area contributed by atoms with E-state index in [-0.39, 0.29) is 30.0 Å². The molecule has 0 bridgehead atoms. The first kappa shape index (κ1) is 18.4. The number of rotatable bonds is 5. The molecular weight excluding hydrogens is 318 g/mol. The second-order valence-corrected chi connectivity index (χ2v) is 5.75. The largest absolute Gasteiger partial charge is 0.382 e. The SMILES string of the molecule is COC[C@H]1O[C@@H](NC(=O)NC(=O)C2=CN(C)CCC2=O)CC1OC. The molecule has 24 heavy (non-hydrogen) atoms. The molecule has 0 saturated carbocycles. The van der Waals surface area contributed by atoms with Gasteiger partial charge in [0.1, 0.15) is 12.3 Å². The van der Waals surface area contributed by atoms with Crippen molar-refractivity contribution in [1.82, 2.24) is 15.5 Å². The molecule has 1 fully saturated rings. The monoisotopic (exact) mass is 341 g/mol. The third-order valence-corrected chi connectivity index (χ3v) is 3.94. The van der Waals surface area contributed by atoms with Gasteiger partial charge in [-0.2, -0.15) is 0 Å². The average Bonchev–Trinajstić information content (AvgIpc) is 2.91. The first-order valence-electron chi connectivity index (χ1n) is 7.69. The summed E-state index contributed by atoms with van der Waals surface area (Å²) in [5, 5.41) is 4.70. The lowest BCUT2D eigenvalue weighted by Crippen LogP contribution is -2.46. The quantitative estimate of drug-likeness (QED) is 0.642. The highest BCUT2D eigenvalue weighted by Crippen LogP contribution is 2.21. The van der Waals surface area contributed by atoms with Gasteiger partial charge in [0.2, 0.25) is 0 Å². The van der Waals surface area contributed by atoms with Crippen LogP contribution in [0.5, 0.6) is 0 Å². The van der Waals surface area contributed by atoms with Gasteiger partial charge < -0.3 is 24.4 Å². The van der Waals surface area contributed by atoms with Gasteiger partial charge in [-0.1, -0.05) is 0 Å². The molecule has 9 nitrogen and oxygen atoms in total. The predicted octanol–water partition coefficient (Wildman–Crippen LogP) is -0.623. The van der Waals surface area contributed by atoms with Crippen molar-refractivity contribution >= 4 is 17.7 Å². The Morgan fingerprint density at radius 2 is 2.17 bits per heavy atom. The zero-order chi connectivity index (χ0) is 17.7. The Balaban J connectivity index is 1.87. The highest BCUT2D eigenvalue weighted by atomic mass is 16.6. The Morgan fingerprint density at radius 3 is 2.83 bits per heavy atom. The Morgan fingerprint density at radius 1 is 1.42 bits per heavy atom. The zero-order valence-electron chi connectivity index (χ0n) is 14.0. The second-order valence-electron chi connectivity index (χ2n) is 5.75. The van der Waals surface area contributed by atoms with Gasteiger partial charge in [0.05, 0.1) is 18.3 Å². The van der Waals surface area contributed by atoms with Gasteiger partial charge >= 0.3 is 6.03 Å². The number of ether oxygens (including phenoxy) is 3. The van der Waals surface area contributed by atoms with Crippen LogP contribution in [0.1, 0.15) is 12.8 Å². The Kier molecular flexibility index (Phi) is 6.29. The summed E-state index contributed by atoms with van der Waals surface area (Å²) in [6.45, 7) is 0.891. The maximum absolute atomic E-state index is 12.1. The van der Waals surface area contributed by atoms with E-state index in [9.17, 15) is 14.4 Å². The Bertz CT molecular complexity index is 535. The molecule has 2 rings (SSSR count). The highest BCUT2D eigenvalue weighted by molar-refractivity contribution is 6.22. The van der Waals surface area contributed by atoms with Crippen LogP contribution >= 0.6 is 0 Å². The third-order valence-electron chi connectivity index (χ3n) is 3.94. The molecule has 0 aromatic heterocycles. The average molecular weight is 341 g/mol. The number of nitrogens with one attached hydrogen (secondary N) is 2. The Labute approximate surface area is 140 Å². The molecule has 2 heterocycles. The van der Waals surface area contributed by atoms with Crippen molar-refractivity contribution < 1.29 is 28.6 Å². The minimum absolute atomic E-state index is 0.0294. The zero-order valence-corrected chi connectivity index (χ0v) is 14.0. The molecule has 134 valence electrons.